The Morgan fingerprint density at radius 1 is 0.895 bits per heavy atom. The van der Waals surface area contributed by atoms with Crippen LogP contribution in [0.3, 0.4) is 0 Å². The normalized spacial score (nSPS) is 18.0. The van der Waals surface area contributed by atoms with Crippen LogP contribution in [0.5, 0.6) is 0 Å². The first-order chi connectivity index (χ1) is 17.6. The van der Waals surface area contributed by atoms with E-state index < -0.39 is 10.0 Å². The van der Waals surface area contributed by atoms with Crippen LogP contribution in [0.2, 0.25) is 0 Å². The number of hydrogen-bond acceptors (Lipinski definition) is 7. The van der Waals surface area contributed by atoms with Gasteiger partial charge in [-0.3, -0.25) is 4.90 Å². The third kappa shape index (κ3) is 6.76. The second kappa shape index (κ2) is 13.9. The van der Waals surface area contributed by atoms with Crippen LogP contribution in [0.4, 0.5) is 5.82 Å². The van der Waals surface area contributed by atoms with E-state index in [1.165, 1.54) is 6.42 Å². The summed E-state index contributed by atoms with van der Waals surface area (Å²) in [5.74, 6) is 0.837. The predicted molar refractivity (Wildman–Crippen MR) is 156 cm³/mol. The number of rotatable bonds is 8. The lowest BCUT2D eigenvalue weighted by molar-refractivity contribution is 0.0249. The van der Waals surface area contributed by atoms with E-state index in [0.29, 0.717) is 37.7 Å². The van der Waals surface area contributed by atoms with Gasteiger partial charge < -0.3 is 9.64 Å². The number of sulfonamides is 1. The lowest BCUT2D eigenvalue weighted by atomic mass is 10.1. The molecule has 5 rings (SSSR count). The topological polar surface area (TPSA) is 78.9 Å². The summed E-state index contributed by atoms with van der Waals surface area (Å²) in [6, 6.07) is 15.5. The fraction of sp³-hybridized carbons (Fsp3) is 0.481. The molecule has 1 atom stereocenters. The SMILES string of the molecule is CCOC(CN1CCN(S(=O)(=O)c2ccc3ncnc(N4CCCCC4)c3c2)CC1)c1ccccc1.Cl.Cl. The molecular weight excluding hydrogens is 545 g/mol. The Kier molecular flexibility index (Phi) is 11.1. The highest BCUT2D eigenvalue weighted by atomic mass is 35.5. The maximum absolute atomic E-state index is 13.6. The standard InChI is InChI=1S/C27H35N5O3S.2ClH/c1-2-35-26(22-9-5-3-6-10-22)20-30-15-17-32(18-16-30)36(33,34)23-11-12-25-24(19-23)27(29-21-28-25)31-13-7-4-8-14-31;;/h3,5-6,9-12,19,21,26H,2,4,7-8,13-18,20H2,1H3;2*1H. The molecule has 0 spiro atoms. The van der Waals surface area contributed by atoms with Crippen LogP contribution in [0.25, 0.3) is 10.9 Å². The molecule has 1 unspecified atom stereocenters. The molecule has 0 bridgehead atoms. The summed E-state index contributed by atoms with van der Waals surface area (Å²) >= 11 is 0. The number of ether oxygens (including phenoxy) is 1. The van der Waals surface area contributed by atoms with Crippen LogP contribution in [0.1, 0.15) is 37.9 Å². The van der Waals surface area contributed by atoms with Gasteiger partial charge in [0.05, 0.1) is 16.5 Å². The Morgan fingerprint density at radius 2 is 1.61 bits per heavy atom. The molecule has 2 aromatic carbocycles. The molecule has 0 saturated carbocycles. The van der Waals surface area contributed by atoms with Crippen molar-refractivity contribution in [3.63, 3.8) is 0 Å². The lowest BCUT2D eigenvalue weighted by Gasteiger charge is -2.35. The van der Waals surface area contributed by atoms with Crippen molar-refractivity contribution in [2.24, 2.45) is 0 Å². The maximum Gasteiger partial charge on any atom is 0.243 e. The van der Waals surface area contributed by atoms with Crippen molar-refractivity contribution >= 4 is 51.6 Å². The van der Waals surface area contributed by atoms with Gasteiger partial charge in [0.15, 0.2) is 0 Å². The third-order valence-electron chi connectivity index (χ3n) is 7.17. The zero-order chi connectivity index (χ0) is 25.0. The summed E-state index contributed by atoms with van der Waals surface area (Å²) in [7, 11) is -3.61. The van der Waals surface area contributed by atoms with Crippen molar-refractivity contribution in [2.45, 2.75) is 37.2 Å². The summed E-state index contributed by atoms with van der Waals surface area (Å²) in [5.41, 5.74) is 1.93. The average Bonchev–Trinajstić information content (AvgIpc) is 2.93. The van der Waals surface area contributed by atoms with E-state index in [9.17, 15) is 8.42 Å². The van der Waals surface area contributed by atoms with Crippen molar-refractivity contribution in [3.05, 3.63) is 60.4 Å². The number of aromatic nitrogens is 2. The van der Waals surface area contributed by atoms with E-state index in [1.807, 2.05) is 25.1 Å². The predicted octanol–water partition coefficient (Wildman–Crippen LogP) is 4.55. The van der Waals surface area contributed by atoms with E-state index in [-0.39, 0.29) is 30.9 Å². The Morgan fingerprint density at radius 3 is 2.29 bits per heavy atom. The molecule has 1 aromatic heterocycles. The van der Waals surface area contributed by atoms with E-state index in [2.05, 4.69) is 31.9 Å². The van der Waals surface area contributed by atoms with Crippen LogP contribution in [-0.2, 0) is 14.8 Å². The highest BCUT2D eigenvalue weighted by Crippen LogP contribution is 2.29. The number of halogens is 2. The number of benzene rings is 2. The molecule has 11 heteroatoms. The minimum atomic E-state index is -3.61. The Bertz CT molecular complexity index is 1270. The van der Waals surface area contributed by atoms with Crippen molar-refractivity contribution in [3.8, 4) is 0 Å². The molecule has 3 heterocycles. The van der Waals surface area contributed by atoms with Gasteiger partial charge in [-0.1, -0.05) is 30.3 Å². The van der Waals surface area contributed by atoms with Gasteiger partial charge in [-0.25, -0.2) is 18.4 Å². The van der Waals surface area contributed by atoms with Crippen LogP contribution in [0.15, 0.2) is 59.8 Å². The molecule has 0 radical (unpaired) electrons. The van der Waals surface area contributed by atoms with Gasteiger partial charge in [0.1, 0.15) is 12.1 Å². The number of piperazine rings is 1. The minimum absolute atomic E-state index is 0. The molecule has 208 valence electrons. The molecule has 0 N–H and O–H groups in total. The fourth-order valence-corrected chi connectivity index (χ4v) is 6.65. The first-order valence-electron chi connectivity index (χ1n) is 12.9. The second-order valence-corrected chi connectivity index (χ2v) is 11.4. The number of nitrogens with zero attached hydrogens (tertiary/aromatic N) is 5. The second-order valence-electron chi connectivity index (χ2n) is 9.48. The zero-order valence-corrected chi connectivity index (χ0v) is 24.2. The van der Waals surface area contributed by atoms with Gasteiger partial charge in [0, 0.05) is 57.8 Å². The average molecular weight is 583 g/mol. The van der Waals surface area contributed by atoms with E-state index in [4.69, 9.17) is 4.74 Å². The number of anilines is 1. The van der Waals surface area contributed by atoms with Gasteiger partial charge in [-0.2, -0.15) is 4.31 Å². The Balaban J connectivity index is 0.00000200. The summed E-state index contributed by atoms with van der Waals surface area (Å²) < 4.78 is 34.8. The van der Waals surface area contributed by atoms with E-state index in [1.54, 1.807) is 28.8 Å². The number of piperidine rings is 1. The summed E-state index contributed by atoms with van der Waals surface area (Å²) in [6.07, 6.45) is 5.03. The van der Waals surface area contributed by atoms with Crippen LogP contribution >= 0.6 is 24.8 Å². The molecule has 8 nitrogen and oxygen atoms in total. The lowest BCUT2D eigenvalue weighted by Crippen LogP contribution is -2.49. The van der Waals surface area contributed by atoms with Crippen LogP contribution < -0.4 is 4.90 Å². The summed E-state index contributed by atoms with van der Waals surface area (Å²) in [4.78, 5) is 13.8. The highest BCUT2D eigenvalue weighted by molar-refractivity contribution is 7.89. The smallest absolute Gasteiger partial charge is 0.243 e. The van der Waals surface area contributed by atoms with Gasteiger partial charge in [0.25, 0.3) is 0 Å². The van der Waals surface area contributed by atoms with Gasteiger partial charge in [0.2, 0.25) is 10.0 Å². The molecule has 38 heavy (non-hydrogen) atoms. The first-order valence-corrected chi connectivity index (χ1v) is 14.4. The van der Waals surface area contributed by atoms with Crippen LogP contribution in [0, 0.1) is 0 Å². The quantitative estimate of drug-likeness (QED) is 0.386. The van der Waals surface area contributed by atoms with Crippen molar-refractivity contribution < 1.29 is 13.2 Å². The molecular formula is C27H37Cl2N5O3S. The van der Waals surface area contributed by atoms with Crippen molar-refractivity contribution in [1.29, 1.82) is 0 Å². The maximum atomic E-state index is 13.6. The fourth-order valence-electron chi connectivity index (χ4n) is 5.20. The zero-order valence-electron chi connectivity index (χ0n) is 21.7. The van der Waals surface area contributed by atoms with Crippen molar-refractivity contribution in [1.82, 2.24) is 19.2 Å². The Labute approximate surface area is 238 Å². The van der Waals surface area contributed by atoms with Gasteiger partial charge in [-0.05, 0) is 49.9 Å². The molecule has 2 aliphatic heterocycles. The Hall–Kier alpha value is -2.01. The largest absolute Gasteiger partial charge is 0.372 e. The molecule has 0 aliphatic carbocycles. The summed E-state index contributed by atoms with van der Waals surface area (Å²) in [6.45, 7) is 7.53. The third-order valence-corrected chi connectivity index (χ3v) is 9.07. The number of hydrogen-bond donors (Lipinski definition) is 0. The molecule has 2 saturated heterocycles. The molecule has 3 aromatic rings. The number of fused-ring (bicyclic) bond motifs is 1. The van der Waals surface area contributed by atoms with Gasteiger partial charge in [-0.15, -0.1) is 24.8 Å². The molecule has 2 fully saturated rings. The van der Waals surface area contributed by atoms with Gasteiger partial charge >= 0.3 is 0 Å². The highest BCUT2D eigenvalue weighted by Gasteiger charge is 2.30. The van der Waals surface area contributed by atoms with E-state index in [0.717, 1.165) is 54.8 Å². The summed E-state index contributed by atoms with van der Waals surface area (Å²) in [5, 5.41) is 0.807. The monoisotopic (exact) mass is 581 g/mol. The van der Waals surface area contributed by atoms with E-state index >= 15 is 0 Å². The van der Waals surface area contributed by atoms with Crippen molar-refractivity contribution in [2.75, 3.05) is 57.3 Å². The first kappa shape index (κ1) is 30.5. The molecule has 0 amide bonds. The minimum Gasteiger partial charge on any atom is -0.372 e. The molecule has 2 aliphatic rings. The van der Waals surface area contributed by atoms with Crippen LogP contribution in [-0.4, -0.2) is 80.0 Å².